The fourth-order valence-corrected chi connectivity index (χ4v) is 1.79. The van der Waals surface area contributed by atoms with Gasteiger partial charge in [0.15, 0.2) is 0 Å². The van der Waals surface area contributed by atoms with Crippen LogP contribution in [0.1, 0.15) is 19.3 Å². The highest BCUT2D eigenvalue weighted by atomic mass is 35.5. The van der Waals surface area contributed by atoms with E-state index in [1.807, 2.05) is 7.05 Å². The molecule has 0 spiro atoms. The average molecular weight is 245 g/mol. The second kappa shape index (κ2) is 5.86. The lowest BCUT2D eigenvalue weighted by molar-refractivity contribution is -0.118. The Kier molecular flexibility index (Phi) is 4.76. The molecule has 0 saturated carbocycles. The van der Waals surface area contributed by atoms with E-state index in [0.29, 0.717) is 0 Å². The van der Waals surface area contributed by atoms with Gasteiger partial charge in [0.05, 0.1) is 17.9 Å². The number of halogens is 1. The van der Waals surface area contributed by atoms with Crippen molar-refractivity contribution in [1.82, 2.24) is 15.1 Å². The maximum atomic E-state index is 11.8. The number of nitrogens with zero attached hydrogens (tertiary/aromatic N) is 2. The highest BCUT2D eigenvalue weighted by Gasteiger charge is 2.20. The summed E-state index contributed by atoms with van der Waals surface area (Å²) in [6.07, 6.45) is 6.66. The predicted octanol–water partition coefficient (Wildman–Crippen LogP) is 0.922. The standard InChI is InChI=1S/C10H16N4O.ClH/c1-14-7-8(6-12-14)13-10(15)9-4-2-3-5-11-9;/h6-7,9,11H,2-5H2,1H3,(H,13,15);1H/t9-;/m1./s1. The van der Waals surface area contributed by atoms with Crippen LogP contribution < -0.4 is 10.6 Å². The van der Waals surface area contributed by atoms with Gasteiger partial charge in [-0.25, -0.2) is 0 Å². The second-order valence-electron chi connectivity index (χ2n) is 3.89. The molecule has 1 aliphatic heterocycles. The Balaban J connectivity index is 0.00000128. The fraction of sp³-hybridized carbons (Fsp3) is 0.600. The van der Waals surface area contributed by atoms with Crippen LogP contribution in [0.15, 0.2) is 12.4 Å². The summed E-state index contributed by atoms with van der Waals surface area (Å²) < 4.78 is 1.67. The molecule has 0 unspecified atom stereocenters. The highest BCUT2D eigenvalue weighted by molar-refractivity contribution is 5.94. The molecule has 1 aliphatic rings. The highest BCUT2D eigenvalue weighted by Crippen LogP contribution is 2.10. The lowest BCUT2D eigenvalue weighted by atomic mass is 10.0. The summed E-state index contributed by atoms with van der Waals surface area (Å²) in [6.45, 7) is 0.936. The van der Waals surface area contributed by atoms with Gasteiger partial charge in [-0.2, -0.15) is 5.10 Å². The number of hydrogen-bond donors (Lipinski definition) is 2. The molecule has 1 fully saturated rings. The van der Waals surface area contributed by atoms with Crippen molar-refractivity contribution in [2.75, 3.05) is 11.9 Å². The van der Waals surface area contributed by atoms with Gasteiger partial charge in [-0.1, -0.05) is 6.42 Å². The van der Waals surface area contributed by atoms with Gasteiger partial charge >= 0.3 is 0 Å². The summed E-state index contributed by atoms with van der Waals surface area (Å²) in [5, 5.41) is 10.1. The molecule has 90 valence electrons. The minimum atomic E-state index is -0.0426. The van der Waals surface area contributed by atoms with Crippen LogP contribution in [0.4, 0.5) is 5.69 Å². The number of nitrogens with one attached hydrogen (secondary N) is 2. The van der Waals surface area contributed by atoms with E-state index in [0.717, 1.165) is 31.5 Å². The van der Waals surface area contributed by atoms with E-state index in [1.54, 1.807) is 17.1 Å². The van der Waals surface area contributed by atoms with Crippen molar-refractivity contribution >= 4 is 24.0 Å². The van der Waals surface area contributed by atoms with E-state index in [4.69, 9.17) is 0 Å². The van der Waals surface area contributed by atoms with Gasteiger partial charge in [0.1, 0.15) is 0 Å². The summed E-state index contributed by atoms with van der Waals surface area (Å²) in [6, 6.07) is -0.0426. The zero-order valence-corrected chi connectivity index (χ0v) is 10.1. The molecule has 2 heterocycles. The Bertz CT molecular complexity index is 346. The summed E-state index contributed by atoms with van der Waals surface area (Å²) in [5.74, 6) is 0.0442. The molecular formula is C10H17ClN4O. The maximum absolute atomic E-state index is 11.8. The van der Waals surface area contributed by atoms with Crippen LogP contribution >= 0.6 is 12.4 Å². The zero-order valence-electron chi connectivity index (χ0n) is 9.27. The van der Waals surface area contributed by atoms with E-state index < -0.39 is 0 Å². The summed E-state index contributed by atoms with van der Waals surface area (Å²) >= 11 is 0. The average Bonchev–Trinajstić information content (AvgIpc) is 2.65. The maximum Gasteiger partial charge on any atom is 0.241 e. The number of hydrogen-bond acceptors (Lipinski definition) is 3. The van der Waals surface area contributed by atoms with Crippen molar-refractivity contribution in [2.45, 2.75) is 25.3 Å². The molecule has 1 aromatic heterocycles. The molecule has 2 rings (SSSR count). The van der Waals surface area contributed by atoms with E-state index in [2.05, 4.69) is 15.7 Å². The molecule has 5 nitrogen and oxygen atoms in total. The van der Waals surface area contributed by atoms with Gasteiger partial charge in [-0.3, -0.25) is 9.48 Å². The van der Waals surface area contributed by atoms with Gasteiger partial charge < -0.3 is 10.6 Å². The number of anilines is 1. The minimum Gasteiger partial charge on any atom is -0.322 e. The Labute approximate surface area is 101 Å². The first-order valence-electron chi connectivity index (χ1n) is 5.28. The van der Waals surface area contributed by atoms with Crippen LogP contribution in [0.25, 0.3) is 0 Å². The largest absolute Gasteiger partial charge is 0.322 e. The lowest BCUT2D eigenvalue weighted by Gasteiger charge is -2.22. The number of carbonyl (C=O) groups excluding carboxylic acids is 1. The molecule has 1 saturated heterocycles. The van der Waals surface area contributed by atoms with E-state index >= 15 is 0 Å². The SMILES string of the molecule is Cl.Cn1cc(NC(=O)[C@H]2CCCCN2)cn1. The van der Waals surface area contributed by atoms with Crippen molar-refractivity contribution in [2.24, 2.45) is 7.05 Å². The first kappa shape index (κ1) is 13.0. The van der Waals surface area contributed by atoms with Crippen LogP contribution in [0.3, 0.4) is 0 Å². The number of amides is 1. The molecule has 0 bridgehead atoms. The number of carbonyl (C=O) groups is 1. The summed E-state index contributed by atoms with van der Waals surface area (Å²) in [4.78, 5) is 11.8. The monoisotopic (exact) mass is 244 g/mol. The first-order chi connectivity index (χ1) is 7.25. The molecule has 0 radical (unpaired) electrons. The molecule has 2 N–H and O–H groups in total. The summed E-state index contributed by atoms with van der Waals surface area (Å²) in [7, 11) is 1.83. The molecule has 6 heteroatoms. The Morgan fingerprint density at radius 1 is 1.62 bits per heavy atom. The molecule has 1 aromatic rings. The number of piperidine rings is 1. The van der Waals surface area contributed by atoms with E-state index in [9.17, 15) is 4.79 Å². The van der Waals surface area contributed by atoms with Gasteiger partial charge in [-0.15, -0.1) is 12.4 Å². The van der Waals surface area contributed by atoms with Crippen molar-refractivity contribution in [3.05, 3.63) is 12.4 Å². The number of rotatable bonds is 2. The normalized spacial score (nSPS) is 19.9. The van der Waals surface area contributed by atoms with Crippen molar-refractivity contribution < 1.29 is 4.79 Å². The van der Waals surface area contributed by atoms with E-state index in [1.165, 1.54) is 0 Å². The van der Waals surface area contributed by atoms with Crippen molar-refractivity contribution in [1.29, 1.82) is 0 Å². The summed E-state index contributed by atoms with van der Waals surface area (Å²) in [5.41, 5.74) is 0.759. The number of aryl methyl sites for hydroxylation is 1. The van der Waals surface area contributed by atoms with Gasteiger partial charge in [0.2, 0.25) is 5.91 Å². The second-order valence-corrected chi connectivity index (χ2v) is 3.89. The van der Waals surface area contributed by atoms with E-state index in [-0.39, 0.29) is 24.4 Å². The third-order valence-electron chi connectivity index (χ3n) is 2.60. The number of aromatic nitrogens is 2. The van der Waals surface area contributed by atoms with Crippen LogP contribution in [0, 0.1) is 0 Å². The van der Waals surface area contributed by atoms with Crippen LogP contribution in [-0.2, 0) is 11.8 Å². The first-order valence-corrected chi connectivity index (χ1v) is 5.28. The van der Waals surface area contributed by atoms with Crippen LogP contribution in [-0.4, -0.2) is 28.3 Å². The lowest BCUT2D eigenvalue weighted by Crippen LogP contribution is -2.43. The van der Waals surface area contributed by atoms with Gasteiger partial charge in [-0.05, 0) is 19.4 Å². The van der Waals surface area contributed by atoms with Crippen LogP contribution in [0.5, 0.6) is 0 Å². The third kappa shape index (κ3) is 3.21. The quantitative estimate of drug-likeness (QED) is 0.814. The Hall–Kier alpha value is -1.07. The van der Waals surface area contributed by atoms with Gasteiger partial charge in [0.25, 0.3) is 0 Å². The molecule has 0 aromatic carbocycles. The van der Waals surface area contributed by atoms with Crippen LogP contribution in [0.2, 0.25) is 0 Å². The third-order valence-corrected chi connectivity index (χ3v) is 2.60. The molecule has 1 amide bonds. The van der Waals surface area contributed by atoms with Crippen molar-refractivity contribution in [3.63, 3.8) is 0 Å². The molecule has 0 aliphatic carbocycles. The topological polar surface area (TPSA) is 59.0 Å². The zero-order chi connectivity index (χ0) is 10.7. The Morgan fingerprint density at radius 2 is 2.44 bits per heavy atom. The molecular weight excluding hydrogens is 228 g/mol. The fourth-order valence-electron chi connectivity index (χ4n) is 1.79. The minimum absolute atomic E-state index is 0. The molecule has 16 heavy (non-hydrogen) atoms. The van der Waals surface area contributed by atoms with Crippen molar-refractivity contribution in [3.8, 4) is 0 Å². The molecule has 1 atom stereocenters. The Morgan fingerprint density at radius 3 is 3.00 bits per heavy atom. The smallest absolute Gasteiger partial charge is 0.241 e. The van der Waals surface area contributed by atoms with Gasteiger partial charge in [0, 0.05) is 13.2 Å². The predicted molar refractivity (Wildman–Crippen MR) is 64.7 cm³/mol.